The van der Waals surface area contributed by atoms with Crippen molar-refractivity contribution in [2.24, 2.45) is 0 Å². The molecule has 0 radical (unpaired) electrons. The van der Waals surface area contributed by atoms with Gasteiger partial charge in [0, 0.05) is 33.4 Å². The van der Waals surface area contributed by atoms with Gasteiger partial charge in [-0.15, -0.1) is 0 Å². The van der Waals surface area contributed by atoms with E-state index >= 15 is 0 Å². The summed E-state index contributed by atoms with van der Waals surface area (Å²) < 4.78 is 0. The third-order valence-electron chi connectivity index (χ3n) is 10.5. The Hall–Kier alpha value is -7.82. The molecule has 0 N–H and O–H groups in total. The summed E-state index contributed by atoms with van der Waals surface area (Å²) in [6.07, 6.45) is 0. The summed E-state index contributed by atoms with van der Waals surface area (Å²) in [5, 5.41) is 2.36. The van der Waals surface area contributed by atoms with Crippen molar-refractivity contribution in [1.29, 1.82) is 0 Å². The normalized spacial score (nSPS) is 11.1. The standard InChI is InChI=1S/C54H36N4/c1-5-15-38(16-6-1)49-35-51(57-53(55-49)40-19-9-3-10-20-40)46-25-13-23-42(31-46)44-29-27-37-28-30-45(34-48(37)33-44)43-24-14-26-47(32-43)52-36-50(39-17-7-2-8-18-39)56-54(58-52)41-21-11-4-12-22-41/h1-36H. The fraction of sp³-hybridized carbons (Fsp3) is 0. The lowest BCUT2D eigenvalue weighted by Gasteiger charge is -2.12. The zero-order valence-electron chi connectivity index (χ0n) is 31.6. The molecule has 58 heavy (non-hydrogen) atoms. The van der Waals surface area contributed by atoms with Gasteiger partial charge in [-0.1, -0.05) is 182 Å². The minimum absolute atomic E-state index is 0.706. The maximum atomic E-state index is 5.08. The van der Waals surface area contributed by atoms with E-state index in [4.69, 9.17) is 19.9 Å². The molecule has 2 heterocycles. The number of hydrogen-bond acceptors (Lipinski definition) is 4. The van der Waals surface area contributed by atoms with E-state index in [1.165, 1.54) is 10.8 Å². The lowest BCUT2D eigenvalue weighted by atomic mass is 9.95. The van der Waals surface area contributed by atoms with Crippen molar-refractivity contribution in [3.8, 4) is 90.1 Å². The zero-order chi connectivity index (χ0) is 38.7. The molecule has 2 aromatic heterocycles. The van der Waals surface area contributed by atoms with E-state index in [1.807, 2.05) is 72.8 Å². The van der Waals surface area contributed by atoms with Crippen molar-refractivity contribution in [3.05, 3.63) is 218 Å². The van der Waals surface area contributed by atoms with E-state index in [0.717, 1.165) is 78.4 Å². The van der Waals surface area contributed by atoms with E-state index in [0.29, 0.717) is 11.6 Å². The van der Waals surface area contributed by atoms with Crippen LogP contribution in [0.4, 0.5) is 0 Å². The second-order valence-corrected chi connectivity index (χ2v) is 14.3. The molecule has 4 nitrogen and oxygen atoms in total. The van der Waals surface area contributed by atoms with Crippen LogP contribution in [0, 0.1) is 0 Å². The summed E-state index contributed by atoms with van der Waals surface area (Å²) in [4.78, 5) is 20.1. The SMILES string of the molecule is c1ccc(-c2cc(-c3cccc(-c4ccc5ccc(-c6cccc(-c7cc(-c8ccccc8)nc(-c8ccccc8)n7)c6)cc5c4)c3)nc(-c3ccccc3)n2)cc1. The maximum Gasteiger partial charge on any atom is 0.160 e. The number of rotatable bonds is 8. The first-order chi connectivity index (χ1) is 28.7. The highest BCUT2D eigenvalue weighted by molar-refractivity contribution is 5.92. The van der Waals surface area contributed by atoms with E-state index in [-0.39, 0.29) is 0 Å². The van der Waals surface area contributed by atoms with Gasteiger partial charge < -0.3 is 0 Å². The molecule has 0 aliphatic rings. The van der Waals surface area contributed by atoms with Crippen LogP contribution < -0.4 is 0 Å². The van der Waals surface area contributed by atoms with Crippen LogP contribution in [0.3, 0.4) is 0 Å². The third kappa shape index (κ3) is 7.18. The highest BCUT2D eigenvalue weighted by Crippen LogP contribution is 2.34. The first-order valence-corrected chi connectivity index (χ1v) is 19.5. The number of aromatic nitrogens is 4. The van der Waals surface area contributed by atoms with Crippen molar-refractivity contribution < 1.29 is 0 Å². The molecule has 0 saturated carbocycles. The molecule has 8 aromatic carbocycles. The largest absolute Gasteiger partial charge is 0.228 e. The van der Waals surface area contributed by atoms with Crippen LogP contribution in [0.1, 0.15) is 0 Å². The summed E-state index contributed by atoms with van der Waals surface area (Å²) in [7, 11) is 0. The fourth-order valence-corrected chi connectivity index (χ4v) is 7.46. The monoisotopic (exact) mass is 740 g/mol. The summed E-state index contributed by atoms with van der Waals surface area (Å²) >= 11 is 0. The molecular formula is C54H36N4. The molecular weight excluding hydrogens is 705 g/mol. The van der Waals surface area contributed by atoms with E-state index in [9.17, 15) is 0 Å². The molecule has 10 aromatic rings. The van der Waals surface area contributed by atoms with Crippen LogP contribution in [-0.4, -0.2) is 19.9 Å². The number of nitrogens with zero attached hydrogens (tertiary/aromatic N) is 4. The Labute approximate surface area is 337 Å². The van der Waals surface area contributed by atoms with E-state index in [1.54, 1.807) is 0 Å². The van der Waals surface area contributed by atoms with Crippen LogP contribution in [0.2, 0.25) is 0 Å². The first kappa shape index (κ1) is 34.7. The van der Waals surface area contributed by atoms with Crippen LogP contribution in [0.15, 0.2) is 218 Å². The molecule has 0 unspecified atom stereocenters. The van der Waals surface area contributed by atoms with Gasteiger partial charge in [-0.05, 0) is 69.4 Å². The van der Waals surface area contributed by atoms with Crippen molar-refractivity contribution >= 4 is 10.8 Å². The Morgan fingerprint density at radius 2 is 0.500 bits per heavy atom. The van der Waals surface area contributed by atoms with E-state index < -0.39 is 0 Å². The van der Waals surface area contributed by atoms with E-state index in [2.05, 4.69) is 146 Å². The van der Waals surface area contributed by atoms with Gasteiger partial charge in [0.05, 0.1) is 22.8 Å². The smallest absolute Gasteiger partial charge is 0.160 e. The maximum absolute atomic E-state index is 5.08. The second kappa shape index (κ2) is 15.4. The Morgan fingerprint density at radius 1 is 0.190 bits per heavy atom. The van der Waals surface area contributed by atoms with Gasteiger partial charge in [-0.3, -0.25) is 0 Å². The molecule has 0 spiro atoms. The van der Waals surface area contributed by atoms with Gasteiger partial charge in [-0.2, -0.15) is 0 Å². The third-order valence-corrected chi connectivity index (χ3v) is 10.5. The Bertz CT molecular complexity index is 2720. The van der Waals surface area contributed by atoms with Gasteiger partial charge >= 0.3 is 0 Å². The van der Waals surface area contributed by atoms with Crippen LogP contribution in [-0.2, 0) is 0 Å². The van der Waals surface area contributed by atoms with Gasteiger partial charge in [0.1, 0.15) is 0 Å². The summed E-state index contributed by atoms with van der Waals surface area (Å²) in [5.74, 6) is 1.41. The van der Waals surface area contributed by atoms with Crippen molar-refractivity contribution in [1.82, 2.24) is 19.9 Å². The molecule has 0 aliphatic heterocycles. The zero-order valence-corrected chi connectivity index (χ0v) is 31.6. The average molecular weight is 741 g/mol. The number of benzene rings is 8. The lowest BCUT2D eigenvalue weighted by Crippen LogP contribution is -1.96. The average Bonchev–Trinajstić information content (AvgIpc) is 3.32. The molecule has 0 amide bonds. The predicted octanol–water partition coefficient (Wildman–Crippen LogP) is 13.8. The molecule has 0 aliphatic carbocycles. The highest BCUT2D eigenvalue weighted by atomic mass is 14.9. The Morgan fingerprint density at radius 3 is 0.897 bits per heavy atom. The molecule has 0 atom stereocenters. The molecule has 0 bridgehead atoms. The fourth-order valence-electron chi connectivity index (χ4n) is 7.46. The van der Waals surface area contributed by atoms with Gasteiger partial charge in [0.15, 0.2) is 11.6 Å². The van der Waals surface area contributed by atoms with Gasteiger partial charge in [0.25, 0.3) is 0 Å². The van der Waals surface area contributed by atoms with Crippen LogP contribution in [0.5, 0.6) is 0 Å². The molecule has 0 saturated heterocycles. The quantitative estimate of drug-likeness (QED) is 0.156. The summed E-state index contributed by atoms with van der Waals surface area (Å²) in [6.45, 7) is 0. The second-order valence-electron chi connectivity index (χ2n) is 14.3. The summed E-state index contributed by atoms with van der Waals surface area (Å²) in [6, 6.07) is 75.9. The van der Waals surface area contributed by atoms with Gasteiger partial charge in [0.2, 0.25) is 0 Å². The Balaban J connectivity index is 1.00. The van der Waals surface area contributed by atoms with Crippen LogP contribution in [0.25, 0.3) is 101 Å². The molecule has 0 fully saturated rings. The Kier molecular flexibility index (Phi) is 9.18. The lowest BCUT2D eigenvalue weighted by molar-refractivity contribution is 1.18. The predicted molar refractivity (Wildman–Crippen MR) is 239 cm³/mol. The molecule has 272 valence electrons. The minimum Gasteiger partial charge on any atom is -0.228 e. The van der Waals surface area contributed by atoms with Crippen molar-refractivity contribution in [2.75, 3.05) is 0 Å². The van der Waals surface area contributed by atoms with Crippen molar-refractivity contribution in [2.45, 2.75) is 0 Å². The summed E-state index contributed by atoms with van der Waals surface area (Å²) in [5.41, 5.74) is 14.2. The molecule has 4 heteroatoms. The number of fused-ring (bicyclic) bond motifs is 1. The highest BCUT2D eigenvalue weighted by Gasteiger charge is 2.14. The topological polar surface area (TPSA) is 51.6 Å². The molecule has 10 rings (SSSR count). The number of hydrogen-bond donors (Lipinski definition) is 0. The van der Waals surface area contributed by atoms with Gasteiger partial charge in [-0.25, -0.2) is 19.9 Å². The first-order valence-electron chi connectivity index (χ1n) is 19.5. The van der Waals surface area contributed by atoms with Crippen molar-refractivity contribution in [3.63, 3.8) is 0 Å². The van der Waals surface area contributed by atoms with Crippen LogP contribution >= 0.6 is 0 Å². The minimum atomic E-state index is 0.706.